The Kier molecular flexibility index (Phi) is 4.48. The number of nitrogen functional groups attached to an aromatic ring is 1. The number of hydrogen-bond donors (Lipinski definition) is 3. The van der Waals surface area contributed by atoms with Crippen molar-refractivity contribution >= 4 is 29.4 Å². The van der Waals surface area contributed by atoms with E-state index in [9.17, 15) is 9.18 Å². The summed E-state index contributed by atoms with van der Waals surface area (Å²) in [5.41, 5.74) is 11.5. The zero-order valence-corrected chi connectivity index (χ0v) is 13.3. The maximum Gasteiger partial charge on any atom is 0.414 e. The van der Waals surface area contributed by atoms with Crippen LogP contribution in [0.1, 0.15) is 0 Å². The number of cyclic esters (lactones) is 1. The van der Waals surface area contributed by atoms with Crippen LogP contribution in [0.15, 0.2) is 18.2 Å². The fraction of sp³-hybridized carbons (Fsp3) is 0.286. The second-order valence-corrected chi connectivity index (χ2v) is 5.15. The van der Waals surface area contributed by atoms with Gasteiger partial charge in [-0.2, -0.15) is 15.0 Å². The molecule has 11 heteroatoms. The van der Waals surface area contributed by atoms with Gasteiger partial charge in [-0.05, 0) is 18.2 Å². The van der Waals surface area contributed by atoms with Gasteiger partial charge in [0.1, 0.15) is 11.9 Å². The lowest BCUT2D eigenvalue weighted by Crippen LogP contribution is -2.27. The van der Waals surface area contributed by atoms with Crippen LogP contribution in [-0.2, 0) is 4.74 Å². The van der Waals surface area contributed by atoms with Crippen LogP contribution in [0.25, 0.3) is 0 Å². The van der Waals surface area contributed by atoms with E-state index in [-0.39, 0.29) is 36.7 Å². The van der Waals surface area contributed by atoms with E-state index in [0.717, 1.165) is 0 Å². The second kappa shape index (κ2) is 6.73. The van der Waals surface area contributed by atoms with E-state index < -0.39 is 18.0 Å². The molecule has 3 rings (SSSR count). The van der Waals surface area contributed by atoms with E-state index >= 15 is 0 Å². The van der Waals surface area contributed by atoms with Crippen molar-refractivity contribution in [2.24, 2.45) is 5.73 Å². The molecule has 0 bridgehead atoms. The van der Waals surface area contributed by atoms with Gasteiger partial charge in [-0.3, -0.25) is 4.90 Å². The van der Waals surface area contributed by atoms with Crippen molar-refractivity contribution in [2.45, 2.75) is 6.10 Å². The Morgan fingerprint density at radius 3 is 2.88 bits per heavy atom. The molecule has 2 heterocycles. The number of aromatic nitrogens is 3. The molecule has 1 saturated heterocycles. The summed E-state index contributed by atoms with van der Waals surface area (Å²) in [6.45, 7) is 0.468. The van der Waals surface area contributed by atoms with Crippen LogP contribution in [0.4, 0.5) is 32.5 Å². The van der Waals surface area contributed by atoms with Gasteiger partial charge < -0.3 is 26.3 Å². The molecule has 0 radical (unpaired) electrons. The van der Waals surface area contributed by atoms with Crippen LogP contribution in [0.3, 0.4) is 0 Å². The first-order valence-corrected chi connectivity index (χ1v) is 7.30. The smallest absolute Gasteiger partial charge is 0.414 e. The fourth-order valence-electron chi connectivity index (χ4n) is 2.27. The average Bonchev–Trinajstić information content (AvgIpc) is 2.97. The van der Waals surface area contributed by atoms with E-state index in [1.165, 1.54) is 24.1 Å². The van der Waals surface area contributed by atoms with Gasteiger partial charge in [0, 0.05) is 6.54 Å². The standard InChI is InChI=1S/C14H16FN7O3/c1-24-13-20-11(17)19-12(21-13)18-10-3-2-7(4-9(10)15)22-6-8(5-16)25-14(22)23/h2-4,8H,5-6,16H2,1H3,(H3,17,18,19,20,21)/t8-/m0/s1. The number of halogens is 1. The number of rotatable bonds is 5. The number of methoxy groups -OCH3 is 1. The number of amides is 1. The summed E-state index contributed by atoms with van der Waals surface area (Å²) >= 11 is 0. The highest BCUT2D eigenvalue weighted by Gasteiger charge is 2.31. The molecule has 0 saturated carbocycles. The van der Waals surface area contributed by atoms with E-state index in [2.05, 4.69) is 20.3 Å². The largest absolute Gasteiger partial charge is 0.467 e. The summed E-state index contributed by atoms with van der Waals surface area (Å²) < 4.78 is 24.3. The van der Waals surface area contributed by atoms with E-state index in [1.54, 1.807) is 6.07 Å². The number of carbonyl (C=O) groups excluding carboxylic acids is 1. The highest BCUT2D eigenvalue weighted by atomic mass is 19.1. The molecule has 1 amide bonds. The van der Waals surface area contributed by atoms with Crippen molar-refractivity contribution in [3.63, 3.8) is 0 Å². The Labute approximate surface area is 142 Å². The van der Waals surface area contributed by atoms with Crippen LogP contribution in [0.5, 0.6) is 6.01 Å². The summed E-state index contributed by atoms with van der Waals surface area (Å²) in [6.07, 6.45) is -0.973. The second-order valence-electron chi connectivity index (χ2n) is 5.15. The molecule has 25 heavy (non-hydrogen) atoms. The molecule has 1 aliphatic heterocycles. The highest BCUT2D eigenvalue weighted by molar-refractivity contribution is 5.90. The molecule has 1 aromatic carbocycles. The first-order valence-electron chi connectivity index (χ1n) is 7.30. The van der Waals surface area contributed by atoms with E-state index in [0.29, 0.717) is 5.69 Å². The number of benzene rings is 1. The van der Waals surface area contributed by atoms with Crippen LogP contribution in [0, 0.1) is 5.82 Å². The number of carbonyl (C=O) groups is 1. The van der Waals surface area contributed by atoms with Crippen molar-refractivity contribution < 1.29 is 18.7 Å². The molecule has 0 unspecified atom stereocenters. The van der Waals surface area contributed by atoms with Gasteiger partial charge in [-0.1, -0.05) is 0 Å². The lowest BCUT2D eigenvalue weighted by atomic mass is 10.2. The molecule has 2 aromatic rings. The molecule has 0 aliphatic carbocycles. The minimum Gasteiger partial charge on any atom is -0.467 e. The third-order valence-electron chi connectivity index (χ3n) is 3.46. The van der Waals surface area contributed by atoms with Gasteiger partial charge in [0.05, 0.1) is 25.0 Å². The minimum absolute atomic E-state index is 0.000308. The summed E-state index contributed by atoms with van der Waals surface area (Å²) in [5.74, 6) is -0.654. The van der Waals surface area contributed by atoms with Crippen molar-refractivity contribution in [1.82, 2.24) is 15.0 Å². The summed E-state index contributed by atoms with van der Waals surface area (Å²) in [7, 11) is 1.37. The van der Waals surface area contributed by atoms with E-state index in [4.69, 9.17) is 20.9 Å². The number of anilines is 4. The Bertz CT molecular complexity index is 804. The number of nitrogens with two attached hydrogens (primary N) is 2. The van der Waals surface area contributed by atoms with Crippen LogP contribution in [0.2, 0.25) is 0 Å². The lowest BCUT2D eigenvalue weighted by Gasteiger charge is -2.14. The molecule has 10 nitrogen and oxygen atoms in total. The minimum atomic E-state index is -0.612. The van der Waals surface area contributed by atoms with Crippen LogP contribution < -0.4 is 26.4 Å². The summed E-state index contributed by atoms with van der Waals surface area (Å²) in [5, 5.41) is 2.68. The Morgan fingerprint density at radius 2 is 2.24 bits per heavy atom. The topological polar surface area (TPSA) is 142 Å². The van der Waals surface area contributed by atoms with Crippen LogP contribution >= 0.6 is 0 Å². The summed E-state index contributed by atoms with van der Waals surface area (Å²) in [6, 6.07) is 4.21. The fourth-order valence-corrected chi connectivity index (χ4v) is 2.27. The Balaban J connectivity index is 1.81. The molecule has 1 aliphatic rings. The number of nitrogens with zero attached hydrogens (tertiary/aromatic N) is 4. The maximum absolute atomic E-state index is 14.4. The predicted molar refractivity (Wildman–Crippen MR) is 87.1 cm³/mol. The van der Waals surface area contributed by atoms with Crippen molar-refractivity contribution in [3.8, 4) is 6.01 Å². The highest BCUT2D eigenvalue weighted by Crippen LogP contribution is 2.27. The zero-order valence-electron chi connectivity index (χ0n) is 13.3. The first-order chi connectivity index (χ1) is 12.0. The molecular weight excluding hydrogens is 333 g/mol. The third-order valence-corrected chi connectivity index (χ3v) is 3.46. The average molecular weight is 349 g/mol. The van der Waals surface area contributed by atoms with Gasteiger partial charge in [0.25, 0.3) is 0 Å². The third kappa shape index (κ3) is 3.50. The number of ether oxygens (including phenoxy) is 2. The van der Waals surface area contributed by atoms with E-state index in [1.807, 2.05) is 0 Å². The van der Waals surface area contributed by atoms with Gasteiger partial charge >= 0.3 is 12.1 Å². The number of hydrogen-bond acceptors (Lipinski definition) is 9. The normalized spacial score (nSPS) is 16.7. The quantitative estimate of drug-likeness (QED) is 0.708. The van der Waals surface area contributed by atoms with Gasteiger partial charge in [-0.15, -0.1) is 0 Å². The van der Waals surface area contributed by atoms with Crippen molar-refractivity contribution in [2.75, 3.05) is 36.1 Å². The molecule has 1 fully saturated rings. The van der Waals surface area contributed by atoms with Crippen molar-refractivity contribution in [1.29, 1.82) is 0 Å². The lowest BCUT2D eigenvalue weighted by molar-refractivity contribution is 0.145. The first kappa shape index (κ1) is 16.6. The maximum atomic E-state index is 14.4. The molecule has 1 aromatic heterocycles. The SMILES string of the molecule is COc1nc(N)nc(Nc2ccc(N3C[C@H](CN)OC3=O)cc2F)n1. The predicted octanol–water partition coefficient (Wildman–Crippen LogP) is 0.629. The summed E-state index contributed by atoms with van der Waals surface area (Å²) in [4.78, 5) is 24.6. The Morgan fingerprint density at radius 1 is 1.44 bits per heavy atom. The molecule has 1 atom stereocenters. The molecule has 0 spiro atoms. The van der Waals surface area contributed by atoms with Gasteiger partial charge in [-0.25, -0.2) is 9.18 Å². The molecule has 132 valence electrons. The zero-order chi connectivity index (χ0) is 18.0. The van der Waals surface area contributed by atoms with Gasteiger partial charge in [0.15, 0.2) is 0 Å². The molecule has 5 N–H and O–H groups in total. The number of nitrogens with one attached hydrogen (secondary N) is 1. The van der Waals surface area contributed by atoms with Crippen molar-refractivity contribution in [3.05, 3.63) is 24.0 Å². The monoisotopic (exact) mass is 349 g/mol. The van der Waals surface area contributed by atoms with Gasteiger partial charge in [0.2, 0.25) is 11.9 Å². The molecular formula is C14H16FN7O3. The Hall–Kier alpha value is -3.21. The van der Waals surface area contributed by atoms with Crippen LogP contribution in [-0.4, -0.2) is 47.3 Å².